The minimum atomic E-state index is -0.839. The van der Waals surface area contributed by atoms with Gasteiger partial charge in [0.1, 0.15) is 38.6 Å². The number of ether oxygens (including phenoxy) is 6. The molecule has 0 aromatic heterocycles. The standard InChI is InChI=1S/C19H30O9/c1-11(2)13(18(5)7-23-15(20)24-8-18)27-17(22)28-14(12(3)4)19(6)9-25-16(21)26-10-19/h11-14H,7-10H2,1-6H3. The summed E-state index contributed by atoms with van der Waals surface area (Å²) in [4.78, 5) is 35.0. The number of carbonyl (C=O) groups is 3. The molecule has 0 aromatic rings. The fourth-order valence-corrected chi connectivity index (χ4v) is 3.79. The van der Waals surface area contributed by atoms with Crippen LogP contribution in [0.4, 0.5) is 14.4 Å². The maximum Gasteiger partial charge on any atom is 0.508 e. The van der Waals surface area contributed by atoms with Gasteiger partial charge in [-0.1, -0.05) is 27.7 Å². The predicted molar refractivity (Wildman–Crippen MR) is 95.6 cm³/mol. The molecule has 9 heteroatoms. The molecule has 0 N–H and O–H groups in total. The number of carbonyl (C=O) groups excluding carboxylic acids is 3. The first-order chi connectivity index (χ1) is 13.0. The van der Waals surface area contributed by atoms with E-state index < -0.39 is 41.5 Å². The molecule has 0 spiro atoms. The molecular weight excluding hydrogens is 372 g/mol. The van der Waals surface area contributed by atoms with Crippen LogP contribution in [0.15, 0.2) is 0 Å². The molecule has 9 nitrogen and oxygen atoms in total. The van der Waals surface area contributed by atoms with Crippen molar-refractivity contribution < 1.29 is 42.8 Å². The van der Waals surface area contributed by atoms with Crippen molar-refractivity contribution in [3.8, 4) is 0 Å². The van der Waals surface area contributed by atoms with Gasteiger partial charge in [-0.15, -0.1) is 0 Å². The lowest BCUT2D eigenvalue weighted by Gasteiger charge is -2.42. The topological polar surface area (TPSA) is 107 Å². The Kier molecular flexibility index (Phi) is 6.67. The van der Waals surface area contributed by atoms with Crippen LogP contribution in [0.1, 0.15) is 41.5 Å². The first kappa shape index (κ1) is 22.1. The van der Waals surface area contributed by atoms with Gasteiger partial charge in [0, 0.05) is 0 Å². The second-order valence-electron chi connectivity index (χ2n) is 8.78. The average Bonchev–Trinajstić information content (AvgIpc) is 2.62. The van der Waals surface area contributed by atoms with Crippen LogP contribution in [0.25, 0.3) is 0 Å². The molecule has 160 valence electrons. The number of hydrogen-bond donors (Lipinski definition) is 0. The van der Waals surface area contributed by atoms with E-state index in [-0.39, 0.29) is 38.3 Å². The molecule has 2 fully saturated rings. The summed E-state index contributed by atoms with van der Waals surface area (Å²) >= 11 is 0. The molecule has 0 radical (unpaired) electrons. The monoisotopic (exact) mass is 402 g/mol. The van der Waals surface area contributed by atoms with E-state index in [1.165, 1.54) is 0 Å². The second kappa shape index (κ2) is 8.45. The van der Waals surface area contributed by atoms with Crippen molar-refractivity contribution in [2.45, 2.75) is 53.8 Å². The third kappa shape index (κ3) is 4.99. The molecule has 0 aromatic carbocycles. The lowest BCUT2D eigenvalue weighted by molar-refractivity contribution is -0.152. The highest BCUT2D eigenvalue weighted by Gasteiger charge is 2.47. The van der Waals surface area contributed by atoms with E-state index in [1.54, 1.807) is 0 Å². The molecular formula is C19H30O9. The van der Waals surface area contributed by atoms with Crippen LogP contribution >= 0.6 is 0 Å². The van der Waals surface area contributed by atoms with E-state index in [2.05, 4.69) is 0 Å². The molecule has 0 amide bonds. The fraction of sp³-hybridized carbons (Fsp3) is 0.842. The summed E-state index contributed by atoms with van der Waals surface area (Å²) in [5.41, 5.74) is -1.39. The first-order valence-corrected chi connectivity index (χ1v) is 9.43. The smallest absolute Gasteiger partial charge is 0.433 e. The molecule has 2 unspecified atom stereocenters. The highest BCUT2D eigenvalue weighted by atomic mass is 16.8. The molecule has 2 aliphatic heterocycles. The molecule has 2 atom stereocenters. The zero-order valence-electron chi connectivity index (χ0n) is 17.3. The fourth-order valence-electron chi connectivity index (χ4n) is 3.79. The Bertz CT molecular complexity index is 528. The van der Waals surface area contributed by atoms with Crippen molar-refractivity contribution in [2.24, 2.45) is 22.7 Å². The summed E-state index contributed by atoms with van der Waals surface area (Å²) in [7, 11) is 0. The summed E-state index contributed by atoms with van der Waals surface area (Å²) in [6, 6.07) is 0. The Balaban J connectivity index is 2.07. The van der Waals surface area contributed by atoms with Gasteiger partial charge in [0.15, 0.2) is 0 Å². The van der Waals surface area contributed by atoms with Gasteiger partial charge in [-0.25, -0.2) is 14.4 Å². The maximum atomic E-state index is 12.6. The Morgan fingerprint density at radius 2 is 1.04 bits per heavy atom. The van der Waals surface area contributed by atoms with Gasteiger partial charge >= 0.3 is 18.5 Å². The van der Waals surface area contributed by atoms with E-state index in [0.717, 1.165) is 0 Å². The summed E-state index contributed by atoms with van der Waals surface area (Å²) in [6.45, 7) is 11.6. The molecule has 0 aliphatic carbocycles. The van der Waals surface area contributed by atoms with E-state index in [9.17, 15) is 14.4 Å². The number of cyclic esters (lactones) is 4. The van der Waals surface area contributed by atoms with Crippen LogP contribution in [0, 0.1) is 22.7 Å². The summed E-state index contributed by atoms with van der Waals surface area (Å²) < 4.78 is 31.2. The van der Waals surface area contributed by atoms with Gasteiger partial charge in [-0.05, 0) is 25.7 Å². The van der Waals surface area contributed by atoms with Crippen molar-refractivity contribution in [3.05, 3.63) is 0 Å². The van der Waals surface area contributed by atoms with Crippen molar-refractivity contribution in [3.63, 3.8) is 0 Å². The summed E-state index contributed by atoms with van der Waals surface area (Å²) in [6.07, 6.45) is -3.48. The Labute approximate surface area is 164 Å². The van der Waals surface area contributed by atoms with Crippen LogP contribution in [0.5, 0.6) is 0 Å². The third-order valence-corrected chi connectivity index (χ3v) is 5.11. The van der Waals surface area contributed by atoms with Crippen molar-refractivity contribution in [2.75, 3.05) is 26.4 Å². The quantitative estimate of drug-likeness (QED) is 0.487. The Hall–Kier alpha value is -2.19. The highest BCUT2D eigenvalue weighted by Crippen LogP contribution is 2.36. The van der Waals surface area contributed by atoms with Gasteiger partial charge in [0.2, 0.25) is 0 Å². The first-order valence-electron chi connectivity index (χ1n) is 9.43. The molecule has 28 heavy (non-hydrogen) atoms. The van der Waals surface area contributed by atoms with Gasteiger partial charge in [0.25, 0.3) is 0 Å². The molecule has 0 bridgehead atoms. The van der Waals surface area contributed by atoms with E-state index in [0.29, 0.717) is 0 Å². The second-order valence-corrected chi connectivity index (χ2v) is 8.78. The van der Waals surface area contributed by atoms with Crippen molar-refractivity contribution in [1.29, 1.82) is 0 Å². The Morgan fingerprint density at radius 3 is 1.29 bits per heavy atom. The van der Waals surface area contributed by atoms with Crippen LogP contribution < -0.4 is 0 Å². The van der Waals surface area contributed by atoms with Gasteiger partial charge in [0.05, 0.1) is 10.8 Å². The van der Waals surface area contributed by atoms with E-state index >= 15 is 0 Å². The largest absolute Gasteiger partial charge is 0.508 e. The molecule has 2 heterocycles. The van der Waals surface area contributed by atoms with Crippen molar-refractivity contribution in [1.82, 2.24) is 0 Å². The molecule has 2 saturated heterocycles. The molecule has 2 aliphatic rings. The minimum Gasteiger partial charge on any atom is -0.433 e. The maximum absolute atomic E-state index is 12.6. The molecule has 0 saturated carbocycles. The van der Waals surface area contributed by atoms with Crippen LogP contribution in [0.2, 0.25) is 0 Å². The summed E-state index contributed by atoms with van der Waals surface area (Å²) in [5.74, 6) is -0.130. The lowest BCUT2D eigenvalue weighted by Crippen LogP contribution is -2.52. The predicted octanol–water partition coefficient (Wildman–Crippen LogP) is 3.54. The lowest BCUT2D eigenvalue weighted by atomic mass is 9.79. The number of rotatable bonds is 6. The number of hydrogen-bond acceptors (Lipinski definition) is 9. The third-order valence-electron chi connectivity index (χ3n) is 5.11. The normalized spacial score (nSPS) is 23.0. The zero-order valence-corrected chi connectivity index (χ0v) is 17.3. The van der Waals surface area contributed by atoms with Gasteiger partial charge in [-0.2, -0.15) is 0 Å². The molecule has 2 rings (SSSR count). The Morgan fingerprint density at radius 1 is 0.750 bits per heavy atom. The average molecular weight is 402 g/mol. The SMILES string of the molecule is CC(C)C(OC(=O)OC(C(C)C)C1(C)COC(=O)OC1)C1(C)COC(=O)OC1. The zero-order chi connectivity index (χ0) is 21.1. The van der Waals surface area contributed by atoms with E-state index in [4.69, 9.17) is 28.4 Å². The summed E-state index contributed by atoms with van der Waals surface area (Å²) in [5, 5.41) is 0. The van der Waals surface area contributed by atoms with Crippen molar-refractivity contribution >= 4 is 18.5 Å². The van der Waals surface area contributed by atoms with Gasteiger partial charge < -0.3 is 28.4 Å². The van der Waals surface area contributed by atoms with Crippen LogP contribution in [-0.2, 0) is 28.4 Å². The minimum absolute atomic E-state index is 0.0648. The highest BCUT2D eigenvalue weighted by molar-refractivity contribution is 5.62. The van der Waals surface area contributed by atoms with E-state index in [1.807, 2.05) is 41.5 Å². The van der Waals surface area contributed by atoms with Crippen LogP contribution in [-0.4, -0.2) is 57.1 Å². The van der Waals surface area contributed by atoms with Gasteiger partial charge in [-0.3, -0.25) is 0 Å². The van der Waals surface area contributed by atoms with Crippen LogP contribution in [0.3, 0.4) is 0 Å².